The number of ether oxygens (including phenoxy) is 1. The molecular formula is C29H40N8O4. The molecule has 2 N–H and O–H groups in total. The number of rotatable bonds is 7. The Morgan fingerprint density at radius 1 is 1.10 bits per heavy atom. The van der Waals surface area contributed by atoms with E-state index in [9.17, 15) is 14.7 Å². The van der Waals surface area contributed by atoms with Gasteiger partial charge in [-0.25, -0.2) is 14.8 Å². The van der Waals surface area contributed by atoms with Gasteiger partial charge in [-0.1, -0.05) is 12.8 Å². The van der Waals surface area contributed by atoms with Crippen LogP contribution in [0.25, 0.3) is 11.0 Å². The van der Waals surface area contributed by atoms with Gasteiger partial charge >= 0.3 is 6.09 Å². The van der Waals surface area contributed by atoms with Gasteiger partial charge in [0.1, 0.15) is 22.8 Å². The summed E-state index contributed by atoms with van der Waals surface area (Å²) in [5.74, 6) is 0.880. The number of nitrogens with zero attached hydrogens (tertiary/aromatic N) is 7. The van der Waals surface area contributed by atoms with Gasteiger partial charge in [0.05, 0.1) is 18.5 Å². The van der Waals surface area contributed by atoms with Crippen molar-refractivity contribution in [3.05, 3.63) is 36.3 Å². The number of carbonyl (C=O) groups is 2. The van der Waals surface area contributed by atoms with Crippen LogP contribution in [0.3, 0.4) is 0 Å². The van der Waals surface area contributed by atoms with E-state index in [2.05, 4.69) is 24.8 Å². The molecule has 2 fully saturated rings. The molecule has 12 nitrogen and oxygen atoms in total. The maximum atomic E-state index is 13.2. The van der Waals surface area contributed by atoms with Gasteiger partial charge in [0, 0.05) is 57.4 Å². The van der Waals surface area contributed by atoms with E-state index in [1.165, 1.54) is 4.90 Å². The summed E-state index contributed by atoms with van der Waals surface area (Å²) in [4.78, 5) is 44.9. The largest absolute Gasteiger partial charge is 0.444 e. The predicted molar refractivity (Wildman–Crippen MR) is 157 cm³/mol. The van der Waals surface area contributed by atoms with Crippen LogP contribution >= 0.6 is 0 Å². The lowest BCUT2D eigenvalue weighted by Gasteiger charge is -2.36. The minimum Gasteiger partial charge on any atom is -0.444 e. The molecule has 0 radical (unpaired) electrons. The third-order valence-corrected chi connectivity index (χ3v) is 7.55. The summed E-state index contributed by atoms with van der Waals surface area (Å²) in [6.45, 7) is 8.36. The summed E-state index contributed by atoms with van der Waals surface area (Å²) in [7, 11) is 1.70. The van der Waals surface area contributed by atoms with Gasteiger partial charge in [-0.05, 0) is 51.8 Å². The predicted octanol–water partition coefficient (Wildman–Crippen LogP) is 3.81. The first-order valence-electron chi connectivity index (χ1n) is 14.3. The van der Waals surface area contributed by atoms with E-state index in [0.29, 0.717) is 43.6 Å². The Bertz CT molecular complexity index is 1370. The third kappa shape index (κ3) is 6.53. The maximum absolute atomic E-state index is 13.2. The van der Waals surface area contributed by atoms with Gasteiger partial charge in [0.15, 0.2) is 0 Å². The molecule has 3 aromatic rings. The summed E-state index contributed by atoms with van der Waals surface area (Å²) in [6.07, 6.45) is 7.49. The van der Waals surface area contributed by atoms with Gasteiger partial charge in [0.2, 0.25) is 5.95 Å². The summed E-state index contributed by atoms with van der Waals surface area (Å²) < 4.78 is 7.55. The van der Waals surface area contributed by atoms with Gasteiger partial charge in [-0.15, -0.1) is 0 Å². The van der Waals surface area contributed by atoms with Crippen LogP contribution in [0.5, 0.6) is 0 Å². The first-order valence-corrected chi connectivity index (χ1v) is 14.3. The second-order valence-electron chi connectivity index (χ2n) is 11.7. The van der Waals surface area contributed by atoms with Crippen LogP contribution in [-0.4, -0.2) is 98.4 Å². The lowest BCUT2D eigenvalue weighted by molar-refractivity contribution is 0.0240. The molecule has 5 rings (SSSR count). The number of likely N-dealkylation sites (N-methyl/N-ethyl adjacent to an activating group) is 1. The minimum absolute atomic E-state index is 0.0894. The fourth-order valence-electron chi connectivity index (χ4n) is 5.45. The number of anilines is 3. The van der Waals surface area contributed by atoms with Crippen molar-refractivity contribution < 1.29 is 19.4 Å². The fourth-order valence-corrected chi connectivity index (χ4v) is 5.45. The normalized spacial score (nSPS) is 16.3. The van der Waals surface area contributed by atoms with E-state index >= 15 is 0 Å². The van der Waals surface area contributed by atoms with Gasteiger partial charge in [0.25, 0.3) is 5.91 Å². The van der Waals surface area contributed by atoms with Gasteiger partial charge < -0.3 is 34.4 Å². The van der Waals surface area contributed by atoms with Crippen molar-refractivity contribution in [2.75, 3.05) is 56.6 Å². The minimum atomic E-state index is -0.508. The van der Waals surface area contributed by atoms with Crippen LogP contribution < -0.4 is 10.2 Å². The van der Waals surface area contributed by atoms with E-state index in [4.69, 9.17) is 9.72 Å². The van der Waals surface area contributed by atoms with Crippen molar-refractivity contribution in [3.63, 3.8) is 0 Å². The number of aromatic nitrogens is 4. The number of hydrogen-bond donors (Lipinski definition) is 2. The smallest absolute Gasteiger partial charge is 0.410 e. The Morgan fingerprint density at radius 3 is 2.46 bits per heavy atom. The number of amides is 2. The molecule has 1 aliphatic carbocycles. The standard InChI is InChI=1S/C29H40N8O4/c1-29(2,3)41-28(40)36-13-11-35(12-14-36)22-9-10-24(30-19-22)32-27-31-18-20-17-23(26(39)34(4)15-16-38)37(25(20)33-27)21-7-5-6-8-21/h9-10,17-19,21,38H,5-8,11-16H2,1-4H3,(H,30,31,32,33). The maximum Gasteiger partial charge on any atom is 0.410 e. The molecular weight excluding hydrogens is 524 g/mol. The highest BCUT2D eigenvalue weighted by Crippen LogP contribution is 2.35. The van der Waals surface area contributed by atoms with Crippen molar-refractivity contribution >= 4 is 40.5 Å². The molecule has 0 atom stereocenters. The topological polar surface area (TPSA) is 129 Å². The lowest BCUT2D eigenvalue weighted by Crippen LogP contribution is -2.50. The summed E-state index contributed by atoms with van der Waals surface area (Å²) in [5.41, 5.74) is 1.75. The Kier molecular flexibility index (Phi) is 8.30. The SMILES string of the molecule is CN(CCO)C(=O)c1cc2cnc(Nc3ccc(N4CCN(C(=O)OC(C)(C)C)CC4)cn3)nc2n1C1CCCC1. The third-order valence-electron chi connectivity index (χ3n) is 7.55. The number of aliphatic hydroxyl groups is 1. The number of hydrogen-bond acceptors (Lipinski definition) is 9. The van der Waals surface area contributed by atoms with E-state index in [0.717, 1.165) is 42.4 Å². The van der Waals surface area contributed by atoms with Crippen LogP contribution in [-0.2, 0) is 4.74 Å². The molecule has 4 heterocycles. The summed E-state index contributed by atoms with van der Waals surface area (Å²) in [6, 6.07) is 5.93. The van der Waals surface area contributed by atoms with E-state index in [1.807, 2.05) is 39.0 Å². The van der Waals surface area contributed by atoms with Crippen molar-refractivity contribution in [2.45, 2.75) is 58.1 Å². The number of piperazine rings is 1. The van der Waals surface area contributed by atoms with Crippen LogP contribution in [0.4, 0.5) is 22.2 Å². The van der Waals surface area contributed by atoms with Crippen molar-refractivity contribution in [2.24, 2.45) is 0 Å². The molecule has 2 amide bonds. The highest BCUT2D eigenvalue weighted by Gasteiger charge is 2.28. The fraction of sp³-hybridized carbons (Fsp3) is 0.552. The monoisotopic (exact) mass is 564 g/mol. The summed E-state index contributed by atoms with van der Waals surface area (Å²) in [5, 5.41) is 13.3. The first-order chi connectivity index (χ1) is 19.6. The second-order valence-corrected chi connectivity index (χ2v) is 11.7. The van der Waals surface area contributed by atoms with Gasteiger partial charge in [-0.2, -0.15) is 4.98 Å². The van der Waals surface area contributed by atoms with Crippen molar-refractivity contribution in [1.82, 2.24) is 29.3 Å². The Morgan fingerprint density at radius 2 is 1.83 bits per heavy atom. The number of fused-ring (bicyclic) bond motifs is 1. The average molecular weight is 565 g/mol. The zero-order chi connectivity index (χ0) is 29.1. The Balaban J connectivity index is 1.29. The zero-order valence-electron chi connectivity index (χ0n) is 24.3. The molecule has 1 aliphatic heterocycles. The molecule has 2 aliphatic rings. The molecule has 0 spiro atoms. The van der Waals surface area contributed by atoms with E-state index in [-0.39, 0.29) is 31.2 Å². The molecule has 220 valence electrons. The first kappa shape index (κ1) is 28.6. The molecule has 3 aromatic heterocycles. The molecule has 1 saturated carbocycles. The second kappa shape index (κ2) is 11.9. The van der Waals surface area contributed by atoms with Gasteiger partial charge in [-0.3, -0.25) is 4.79 Å². The Labute approximate surface area is 240 Å². The molecule has 41 heavy (non-hydrogen) atoms. The number of pyridine rings is 1. The molecule has 1 saturated heterocycles. The van der Waals surface area contributed by atoms with E-state index < -0.39 is 5.60 Å². The number of aliphatic hydroxyl groups excluding tert-OH is 1. The van der Waals surface area contributed by atoms with Crippen LogP contribution in [0.2, 0.25) is 0 Å². The van der Waals surface area contributed by atoms with Crippen molar-refractivity contribution in [1.29, 1.82) is 0 Å². The Hall–Kier alpha value is -3.93. The highest BCUT2D eigenvalue weighted by molar-refractivity contribution is 5.98. The summed E-state index contributed by atoms with van der Waals surface area (Å²) >= 11 is 0. The quantitative estimate of drug-likeness (QED) is 0.440. The molecule has 12 heteroatoms. The van der Waals surface area contributed by atoms with Crippen LogP contribution in [0.15, 0.2) is 30.6 Å². The molecule has 0 unspecified atom stereocenters. The average Bonchev–Trinajstić information content (AvgIpc) is 3.60. The molecule has 0 aromatic carbocycles. The van der Waals surface area contributed by atoms with Crippen LogP contribution in [0, 0.1) is 0 Å². The number of carbonyl (C=O) groups excluding carboxylic acids is 2. The molecule has 0 bridgehead atoms. The zero-order valence-corrected chi connectivity index (χ0v) is 24.3. The highest BCUT2D eigenvalue weighted by atomic mass is 16.6. The van der Waals surface area contributed by atoms with Crippen LogP contribution in [0.1, 0.15) is 63.0 Å². The van der Waals surface area contributed by atoms with Crippen molar-refractivity contribution in [3.8, 4) is 0 Å². The number of nitrogens with one attached hydrogen (secondary N) is 1. The van der Waals surface area contributed by atoms with E-state index in [1.54, 1.807) is 24.3 Å². The lowest BCUT2D eigenvalue weighted by atomic mass is 10.2.